The Labute approximate surface area is 240 Å². The number of halogens is 1. The number of nitrogens with zero attached hydrogens (tertiary/aromatic N) is 2. The molecule has 2 aromatic carbocycles. The van der Waals surface area contributed by atoms with E-state index in [1.165, 1.54) is 16.9 Å². The third-order valence-corrected chi connectivity index (χ3v) is 7.90. The van der Waals surface area contributed by atoms with E-state index >= 15 is 0 Å². The molecule has 39 heavy (non-hydrogen) atoms. The van der Waals surface area contributed by atoms with Crippen molar-refractivity contribution in [3.05, 3.63) is 94.6 Å². The molecule has 1 aromatic heterocycles. The van der Waals surface area contributed by atoms with E-state index in [0.717, 1.165) is 21.3 Å². The molecule has 1 aliphatic heterocycles. The van der Waals surface area contributed by atoms with Crippen molar-refractivity contribution in [2.24, 2.45) is 4.99 Å². The minimum absolute atomic E-state index is 0.0454. The molecule has 0 aliphatic carbocycles. The first-order chi connectivity index (χ1) is 18.6. The minimum Gasteiger partial charge on any atom is -0.490 e. The number of methoxy groups -OCH3 is 1. The van der Waals surface area contributed by atoms with E-state index in [4.69, 9.17) is 14.2 Å². The normalized spacial score (nSPS) is 15.5. The molecule has 0 spiro atoms. The highest BCUT2D eigenvalue weighted by Gasteiger charge is 2.33. The molecule has 7 nitrogen and oxygen atoms in total. The zero-order valence-corrected chi connectivity index (χ0v) is 25.4. The van der Waals surface area contributed by atoms with Gasteiger partial charge in [-0.1, -0.05) is 55.5 Å². The van der Waals surface area contributed by atoms with Crippen molar-refractivity contribution in [3.63, 3.8) is 0 Å². The zero-order chi connectivity index (χ0) is 28.3. The van der Waals surface area contributed by atoms with Crippen molar-refractivity contribution in [2.45, 2.75) is 52.7 Å². The molecule has 4 rings (SSSR count). The quantitative estimate of drug-likeness (QED) is 0.248. The van der Waals surface area contributed by atoms with E-state index < -0.39 is 12.0 Å². The monoisotopic (exact) mass is 612 g/mol. The second-order valence-corrected chi connectivity index (χ2v) is 11.8. The Morgan fingerprint density at radius 3 is 2.46 bits per heavy atom. The van der Waals surface area contributed by atoms with Crippen LogP contribution in [0.15, 0.2) is 68.0 Å². The van der Waals surface area contributed by atoms with Gasteiger partial charge in [-0.15, -0.1) is 0 Å². The van der Waals surface area contributed by atoms with Crippen molar-refractivity contribution in [1.29, 1.82) is 0 Å². The number of hydrogen-bond acceptors (Lipinski definition) is 7. The van der Waals surface area contributed by atoms with Gasteiger partial charge < -0.3 is 14.2 Å². The van der Waals surface area contributed by atoms with Crippen LogP contribution >= 0.6 is 27.3 Å². The summed E-state index contributed by atoms with van der Waals surface area (Å²) < 4.78 is 19.3. The molecular weight excluding hydrogens is 580 g/mol. The summed E-state index contributed by atoms with van der Waals surface area (Å²) in [5.74, 6) is 0.583. The lowest BCUT2D eigenvalue weighted by Crippen LogP contribution is -2.40. The molecule has 206 valence electrons. The number of ether oxygens (including phenoxy) is 3. The van der Waals surface area contributed by atoms with Crippen LogP contribution in [0.4, 0.5) is 0 Å². The summed E-state index contributed by atoms with van der Waals surface area (Å²) in [4.78, 5) is 32.3. The maximum absolute atomic E-state index is 13.9. The molecule has 0 amide bonds. The van der Waals surface area contributed by atoms with Crippen LogP contribution in [-0.4, -0.2) is 37.0 Å². The van der Waals surface area contributed by atoms with Gasteiger partial charge in [0.1, 0.15) is 12.4 Å². The van der Waals surface area contributed by atoms with E-state index in [0.29, 0.717) is 26.5 Å². The van der Waals surface area contributed by atoms with Gasteiger partial charge in [-0.05, 0) is 77.5 Å². The lowest BCUT2D eigenvalue weighted by Gasteiger charge is -2.25. The topological polar surface area (TPSA) is 79.1 Å². The standard InChI is InChI=1S/C30H33BrN2O5S/c1-17(2)21-8-10-22(11-9-21)27-26(29(35)37-14-13-36-6)19(5)32-30-33(27)28(34)25(39-30)16-20-7-12-24(23(31)15-20)38-18(3)4/h7-12,15-18,27H,13-14H2,1-6H3. The van der Waals surface area contributed by atoms with Gasteiger partial charge in [0.25, 0.3) is 5.56 Å². The first-order valence-electron chi connectivity index (χ1n) is 12.8. The number of thiazole rings is 1. The largest absolute Gasteiger partial charge is 0.490 e. The van der Waals surface area contributed by atoms with Crippen LogP contribution < -0.4 is 19.6 Å². The molecule has 2 heterocycles. The molecule has 3 aromatic rings. The third kappa shape index (κ3) is 6.42. The van der Waals surface area contributed by atoms with Crippen molar-refractivity contribution in [2.75, 3.05) is 20.3 Å². The summed E-state index contributed by atoms with van der Waals surface area (Å²) in [5.41, 5.74) is 3.49. The number of benzene rings is 2. The van der Waals surface area contributed by atoms with Crippen LogP contribution in [-0.2, 0) is 14.3 Å². The van der Waals surface area contributed by atoms with Crippen molar-refractivity contribution in [1.82, 2.24) is 4.57 Å². The fraction of sp³-hybridized carbons (Fsp3) is 0.367. The fourth-order valence-electron chi connectivity index (χ4n) is 4.36. The van der Waals surface area contributed by atoms with E-state index in [9.17, 15) is 9.59 Å². The summed E-state index contributed by atoms with van der Waals surface area (Å²) in [6.07, 6.45) is 1.88. The summed E-state index contributed by atoms with van der Waals surface area (Å²) in [7, 11) is 1.55. The summed E-state index contributed by atoms with van der Waals surface area (Å²) in [6.45, 7) is 10.4. The van der Waals surface area contributed by atoms with Crippen LogP contribution in [0, 0.1) is 0 Å². The minimum atomic E-state index is -0.659. The smallest absolute Gasteiger partial charge is 0.338 e. The third-order valence-electron chi connectivity index (χ3n) is 6.30. The Hall–Kier alpha value is -3.01. The predicted octanol–water partition coefficient (Wildman–Crippen LogP) is 5.10. The Balaban J connectivity index is 1.83. The molecule has 1 unspecified atom stereocenters. The highest BCUT2D eigenvalue weighted by atomic mass is 79.9. The Kier molecular flexibility index (Phi) is 9.25. The zero-order valence-electron chi connectivity index (χ0n) is 23.0. The first kappa shape index (κ1) is 29.0. The lowest BCUT2D eigenvalue weighted by molar-refractivity contribution is -0.140. The Bertz CT molecular complexity index is 1570. The van der Waals surface area contributed by atoms with Crippen LogP contribution in [0.5, 0.6) is 5.75 Å². The van der Waals surface area contributed by atoms with Crippen molar-refractivity contribution < 1.29 is 19.0 Å². The molecule has 1 aliphatic rings. The molecule has 0 fully saturated rings. The summed E-state index contributed by atoms with van der Waals surface area (Å²) in [6, 6.07) is 13.1. The van der Waals surface area contributed by atoms with Crippen LogP contribution in [0.1, 0.15) is 63.3 Å². The number of fused-ring (bicyclic) bond motifs is 1. The number of allylic oxidation sites excluding steroid dienone is 1. The second-order valence-electron chi connectivity index (χ2n) is 9.89. The van der Waals surface area contributed by atoms with E-state index in [1.54, 1.807) is 18.6 Å². The lowest BCUT2D eigenvalue weighted by atomic mass is 9.93. The molecule has 0 bridgehead atoms. The molecule has 0 saturated carbocycles. The number of carbonyl (C=O) groups excluding carboxylic acids is 1. The molecular formula is C30H33BrN2O5S. The predicted molar refractivity (Wildman–Crippen MR) is 157 cm³/mol. The van der Waals surface area contributed by atoms with Gasteiger partial charge in [0.2, 0.25) is 0 Å². The molecule has 0 radical (unpaired) electrons. The van der Waals surface area contributed by atoms with Crippen LogP contribution in [0.3, 0.4) is 0 Å². The number of rotatable bonds is 9. The molecule has 1 atom stereocenters. The van der Waals surface area contributed by atoms with Gasteiger partial charge in [0, 0.05) is 7.11 Å². The Morgan fingerprint density at radius 2 is 1.85 bits per heavy atom. The van der Waals surface area contributed by atoms with Gasteiger partial charge in [-0.3, -0.25) is 9.36 Å². The fourth-order valence-corrected chi connectivity index (χ4v) is 5.90. The molecule has 0 N–H and O–H groups in total. The van der Waals surface area contributed by atoms with Gasteiger partial charge in [-0.25, -0.2) is 9.79 Å². The summed E-state index contributed by atoms with van der Waals surface area (Å²) in [5, 5.41) is 0. The molecule has 0 saturated heterocycles. The highest BCUT2D eigenvalue weighted by molar-refractivity contribution is 9.10. The first-order valence-corrected chi connectivity index (χ1v) is 14.5. The SMILES string of the molecule is COCCOC(=O)C1=C(C)N=c2sc(=Cc3ccc(OC(C)C)c(Br)c3)c(=O)n2C1c1ccc(C(C)C)cc1. The van der Waals surface area contributed by atoms with Crippen LogP contribution in [0.2, 0.25) is 0 Å². The van der Waals surface area contributed by atoms with E-state index in [1.807, 2.05) is 62.4 Å². The van der Waals surface area contributed by atoms with Gasteiger partial charge in [0.15, 0.2) is 4.80 Å². The number of aromatic nitrogens is 1. The highest BCUT2D eigenvalue weighted by Crippen LogP contribution is 2.32. The maximum Gasteiger partial charge on any atom is 0.338 e. The van der Waals surface area contributed by atoms with Gasteiger partial charge in [0.05, 0.1) is 39.0 Å². The van der Waals surface area contributed by atoms with Crippen molar-refractivity contribution in [3.8, 4) is 5.75 Å². The maximum atomic E-state index is 13.9. The van der Waals surface area contributed by atoms with Crippen LogP contribution in [0.25, 0.3) is 6.08 Å². The van der Waals surface area contributed by atoms with Gasteiger partial charge >= 0.3 is 5.97 Å². The van der Waals surface area contributed by atoms with Gasteiger partial charge in [-0.2, -0.15) is 0 Å². The van der Waals surface area contributed by atoms with E-state index in [-0.39, 0.29) is 24.9 Å². The van der Waals surface area contributed by atoms with E-state index in [2.05, 4.69) is 34.8 Å². The number of hydrogen-bond donors (Lipinski definition) is 0. The average molecular weight is 614 g/mol. The van der Waals surface area contributed by atoms with Crippen molar-refractivity contribution >= 4 is 39.3 Å². The number of carbonyl (C=O) groups is 1. The Morgan fingerprint density at radius 1 is 1.13 bits per heavy atom. The summed E-state index contributed by atoms with van der Waals surface area (Å²) >= 11 is 4.87. The number of esters is 1. The average Bonchev–Trinajstić information content (AvgIpc) is 3.18. The second kappa shape index (κ2) is 12.4. The molecule has 9 heteroatoms.